The summed E-state index contributed by atoms with van der Waals surface area (Å²) < 4.78 is 23.1. The van der Waals surface area contributed by atoms with Crippen LogP contribution >= 0.6 is 0 Å². The first-order valence-corrected chi connectivity index (χ1v) is 8.07. The van der Waals surface area contributed by atoms with Crippen LogP contribution in [0.3, 0.4) is 0 Å². The molecule has 3 rings (SSSR count). The number of aromatic nitrogens is 3. The number of hydrogen-bond donors (Lipinski definition) is 2. The summed E-state index contributed by atoms with van der Waals surface area (Å²) in [5.74, 6) is 1.24. The van der Waals surface area contributed by atoms with Crippen molar-refractivity contribution in [1.82, 2.24) is 15.0 Å². The third-order valence-electron chi connectivity index (χ3n) is 3.29. The van der Waals surface area contributed by atoms with Crippen molar-refractivity contribution in [2.24, 2.45) is 0 Å². The van der Waals surface area contributed by atoms with Gasteiger partial charge in [0.1, 0.15) is 5.75 Å². The van der Waals surface area contributed by atoms with Crippen molar-refractivity contribution < 1.29 is 18.8 Å². The predicted octanol–water partition coefficient (Wildman–Crippen LogP) is 1.99. The molecule has 1 aromatic carbocycles. The number of imidazole rings is 1. The van der Waals surface area contributed by atoms with Crippen LogP contribution < -0.4 is 9.47 Å². The van der Waals surface area contributed by atoms with Gasteiger partial charge in [0.2, 0.25) is 0 Å². The lowest BCUT2D eigenvalue weighted by Gasteiger charge is -2.10. The van der Waals surface area contributed by atoms with Crippen molar-refractivity contribution in [3.8, 4) is 17.2 Å². The zero-order valence-electron chi connectivity index (χ0n) is 12.6. The normalized spacial score (nSPS) is 12.3. The number of benzene rings is 1. The minimum atomic E-state index is -1.44. The molecule has 2 heterocycles. The van der Waals surface area contributed by atoms with Crippen molar-refractivity contribution in [1.29, 1.82) is 0 Å². The molecule has 0 bridgehead atoms. The fourth-order valence-electron chi connectivity index (χ4n) is 2.23. The molecule has 7 nitrogen and oxygen atoms in total. The first-order chi connectivity index (χ1) is 11.1. The Kier molecular flexibility index (Phi) is 4.16. The van der Waals surface area contributed by atoms with E-state index >= 15 is 0 Å². The summed E-state index contributed by atoms with van der Waals surface area (Å²) in [4.78, 5) is 11.4. The Balaban J connectivity index is 1.91. The van der Waals surface area contributed by atoms with Gasteiger partial charge < -0.3 is 19.6 Å². The first kappa shape index (κ1) is 15.3. The van der Waals surface area contributed by atoms with E-state index in [2.05, 4.69) is 15.0 Å². The Morgan fingerprint density at radius 1 is 1.26 bits per heavy atom. The van der Waals surface area contributed by atoms with Crippen LogP contribution in [0.5, 0.6) is 17.2 Å². The summed E-state index contributed by atoms with van der Waals surface area (Å²) in [6, 6.07) is 6.40. The van der Waals surface area contributed by atoms with E-state index in [-0.39, 0.29) is 11.5 Å². The number of nitrogens with one attached hydrogen (secondary N) is 1. The first-order valence-electron chi connectivity index (χ1n) is 6.75. The van der Waals surface area contributed by atoms with Gasteiger partial charge in [-0.15, -0.1) is 0 Å². The number of ether oxygens (including phenoxy) is 2. The molecular formula is C15H15N3O4S. The van der Waals surface area contributed by atoms with E-state index in [4.69, 9.17) is 9.47 Å². The third-order valence-corrected chi connectivity index (χ3v) is 4.45. The Bertz CT molecular complexity index is 878. The van der Waals surface area contributed by atoms with E-state index in [9.17, 15) is 9.32 Å². The Morgan fingerprint density at radius 3 is 2.83 bits per heavy atom. The van der Waals surface area contributed by atoms with Crippen LogP contribution in [0.4, 0.5) is 0 Å². The molecule has 0 aliphatic carbocycles. The summed E-state index contributed by atoms with van der Waals surface area (Å²) in [6.07, 6.45) is 1.57. The maximum absolute atomic E-state index is 12.6. The number of nitrogens with zero attached hydrogens (tertiary/aromatic N) is 2. The topological polar surface area (TPSA) is 97.3 Å². The van der Waals surface area contributed by atoms with Gasteiger partial charge in [0.05, 0.1) is 47.5 Å². The average Bonchev–Trinajstić information content (AvgIpc) is 2.97. The number of pyridine rings is 1. The zero-order chi connectivity index (χ0) is 16.4. The van der Waals surface area contributed by atoms with Crippen LogP contribution in [0, 0.1) is 0 Å². The number of fused-ring (bicyclic) bond motifs is 1. The van der Waals surface area contributed by atoms with Gasteiger partial charge in [-0.1, -0.05) is 0 Å². The Hall–Kier alpha value is -2.61. The highest BCUT2D eigenvalue weighted by atomic mass is 32.2. The molecule has 1 atom stereocenters. The molecule has 8 heteroatoms. The predicted molar refractivity (Wildman–Crippen MR) is 85.2 cm³/mol. The molecule has 2 aromatic heterocycles. The van der Waals surface area contributed by atoms with E-state index in [1.165, 1.54) is 26.4 Å². The minimum absolute atomic E-state index is 0.120. The zero-order valence-corrected chi connectivity index (χ0v) is 13.4. The van der Waals surface area contributed by atoms with Crippen LogP contribution in [-0.2, 0) is 16.6 Å². The maximum atomic E-state index is 12.6. The molecular weight excluding hydrogens is 318 g/mol. The Labute approximate surface area is 134 Å². The van der Waals surface area contributed by atoms with Gasteiger partial charge in [0, 0.05) is 18.3 Å². The standard InChI is InChI=1S/C15H15N3O4S/c1-21-13-5-6-16-12(14(13)22-2)8-23(20)15-17-10-4-3-9(19)7-11(10)18-15/h3-7,19H,8H2,1-2H3,(H,17,18). The van der Waals surface area contributed by atoms with E-state index in [1.54, 1.807) is 18.3 Å². The molecule has 0 spiro atoms. The highest BCUT2D eigenvalue weighted by Crippen LogP contribution is 2.30. The lowest BCUT2D eigenvalue weighted by molar-refractivity contribution is 0.350. The molecule has 0 amide bonds. The van der Waals surface area contributed by atoms with Crippen LogP contribution in [0.25, 0.3) is 11.0 Å². The summed E-state index contributed by atoms with van der Waals surface area (Å²) in [6.45, 7) is 0. The quantitative estimate of drug-likeness (QED) is 0.741. The van der Waals surface area contributed by atoms with Gasteiger partial charge in [-0.3, -0.25) is 9.19 Å². The monoisotopic (exact) mass is 333 g/mol. The second kappa shape index (κ2) is 6.25. The fourth-order valence-corrected chi connectivity index (χ4v) is 3.24. The molecule has 23 heavy (non-hydrogen) atoms. The molecule has 1 unspecified atom stereocenters. The number of methoxy groups -OCH3 is 2. The van der Waals surface area contributed by atoms with Crippen LogP contribution in [0.2, 0.25) is 0 Å². The molecule has 0 saturated carbocycles. The van der Waals surface area contributed by atoms with E-state index in [0.717, 1.165) is 0 Å². The summed E-state index contributed by atoms with van der Waals surface area (Å²) in [5, 5.41) is 9.79. The Morgan fingerprint density at radius 2 is 2.09 bits per heavy atom. The maximum Gasteiger partial charge on any atom is 0.197 e. The SMILES string of the molecule is COc1ccnc(CS(=O)c2nc3ccc(O)cc3[nH]2)c1OC. The van der Waals surface area contributed by atoms with Gasteiger partial charge in [-0.25, -0.2) is 4.98 Å². The molecule has 2 N–H and O–H groups in total. The number of aromatic amines is 1. The molecule has 0 aliphatic rings. The number of aromatic hydroxyl groups is 1. The fraction of sp³-hybridized carbons (Fsp3) is 0.200. The average molecular weight is 333 g/mol. The van der Waals surface area contributed by atoms with Gasteiger partial charge in [-0.2, -0.15) is 0 Å². The van der Waals surface area contributed by atoms with Crippen LogP contribution in [-0.4, -0.2) is 38.5 Å². The molecule has 0 fully saturated rings. The van der Waals surface area contributed by atoms with Crippen molar-refractivity contribution >= 4 is 21.8 Å². The molecule has 120 valence electrons. The van der Waals surface area contributed by atoms with Gasteiger partial charge in [0.25, 0.3) is 0 Å². The van der Waals surface area contributed by atoms with Gasteiger partial charge >= 0.3 is 0 Å². The number of phenolic OH excluding ortho intramolecular Hbond substituents is 1. The van der Waals surface area contributed by atoms with E-state index < -0.39 is 10.8 Å². The van der Waals surface area contributed by atoms with Crippen LogP contribution in [0.15, 0.2) is 35.6 Å². The number of H-pyrrole nitrogens is 1. The second-order valence-electron chi connectivity index (χ2n) is 4.73. The highest BCUT2D eigenvalue weighted by molar-refractivity contribution is 7.84. The lowest BCUT2D eigenvalue weighted by Crippen LogP contribution is -2.04. The molecule has 0 aliphatic heterocycles. The highest BCUT2D eigenvalue weighted by Gasteiger charge is 2.17. The van der Waals surface area contributed by atoms with Crippen molar-refractivity contribution in [2.45, 2.75) is 10.9 Å². The molecule has 3 aromatic rings. The molecule has 0 saturated heterocycles. The lowest BCUT2D eigenvalue weighted by atomic mass is 10.3. The minimum Gasteiger partial charge on any atom is -0.508 e. The van der Waals surface area contributed by atoms with Crippen molar-refractivity contribution in [3.05, 3.63) is 36.2 Å². The smallest absolute Gasteiger partial charge is 0.197 e. The summed E-state index contributed by atoms with van der Waals surface area (Å²) in [5.41, 5.74) is 1.78. The number of rotatable bonds is 5. The van der Waals surface area contributed by atoms with E-state index in [0.29, 0.717) is 33.4 Å². The number of phenols is 1. The largest absolute Gasteiger partial charge is 0.508 e. The molecule has 0 radical (unpaired) electrons. The summed E-state index contributed by atoms with van der Waals surface area (Å²) in [7, 11) is 1.60. The number of hydrogen-bond acceptors (Lipinski definition) is 6. The van der Waals surface area contributed by atoms with Gasteiger partial charge in [0.15, 0.2) is 16.7 Å². The third kappa shape index (κ3) is 2.98. The van der Waals surface area contributed by atoms with Crippen LogP contribution in [0.1, 0.15) is 5.69 Å². The summed E-state index contributed by atoms with van der Waals surface area (Å²) >= 11 is 0. The van der Waals surface area contributed by atoms with Gasteiger partial charge in [-0.05, 0) is 12.1 Å². The van der Waals surface area contributed by atoms with Crippen molar-refractivity contribution in [2.75, 3.05) is 14.2 Å². The second-order valence-corrected chi connectivity index (χ2v) is 6.09. The van der Waals surface area contributed by atoms with E-state index in [1.807, 2.05) is 0 Å². The van der Waals surface area contributed by atoms with Crippen molar-refractivity contribution in [3.63, 3.8) is 0 Å².